The molecule has 2 aliphatic rings. The highest BCUT2D eigenvalue weighted by Gasteiger charge is 2.34. The molecule has 0 aliphatic carbocycles. The SMILES string of the molecule is COc1ccc(S(=O)(=O)N(C[C@@H](O)[C@H](Cc2ccccc2)NC(=O)O)OC2CCOCC2)cc1.COc1ccc(S(=O)(=O)NOC2CCOCC2)cc1. The van der Waals surface area contributed by atoms with Gasteiger partial charge >= 0.3 is 6.09 Å². The number of sulfonamides is 2. The Labute approximate surface area is 309 Å². The van der Waals surface area contributed by atoms with Crippen LogP contribution in [-0.4, -0.2) is 109 Å². The zero-order chi connectivity index (χ0) is 38.3. The van der Waals surface area contributed by atoms with E-state index in [4.69, 9.17) is 28.6 Å². The van der Waals surface area contributed by atoms with E-state index in [1.807, 2.05) is 6.07 Å². The van der Waals surface area contributed by atoms with Gasteiger partial charge in [-0.2, -0.15) is 0 Å². The summed E-state index contributed by atoms with van der Waals surface area (Å²) in [4.78, 5) is 24.7. The largest absolute Gasteiger partial charge is 0.497 e. The molecule has 2 atom stereocenters. The number of rotatable bonds is 16. The second-order valence-electron chi connectivity index (χ2n) is 12.1. The van der Waals surface area contributed by atoms with Crippen LogP contribution in [0.5, 0.6) is 11.5 Å². The average molecular weight is 782 g/mol. The normalized spacial score (nSPS) is 16.9. The summed E-state index contributed by atoms with van der Waals surface area (Å²) in [6.07, 6.45) is -0.746. The quantitative estimate of drug-likeness (QED) is 0.154. The zero-order valence-corrected chi connectivity index (χ0v) is 31.2. The molecule has 1 amide bonds. The van der Waals surface area contributed by atoms with Crippen LogP contribution in [0.15, 0.2) is 88.7 Å². The molecule has 2 saturated heterocycles. The van der Waals surface area contributed by atoms with Gasteiger partial charge < -0.3 is 34.5 Å². The predicted octanol–water partition coefficient (Wildman–Crippen LogP) is 3.12. The van der Waals surface area contributed by atoms with Crippen LogP contribution >= 0.6 is 0 Å². The summed E-state index contributed by atoms with van der Waals surface area (Å²) >= 11 is 0. The molecule has 16 nitrogen and oxygen atoms in total. The van der Waals surface area contributed by atoms with Gasteiger partial charge in [0, 0.05) is 26.4 Å². The number of nitrogens with one attached hydrogen (secondary N) is 2. The van der Waals surface area contributed by atoms with E-state index < -0.39 is 50.9 Å². The Hall–Kier alpha value is -3.85. The van der Waals surface area contributed by atoms with E-state index in [0.29, 0.717) is 63.6 Å². The number of aliphatic hydroxyl groups is 1. The van der Waals surface area contributed by atoms with Crippen LogP contribution in [0, 0.1) is 0 Å². The Morgan fingerprint density at radius 2 is 1.30 bits per heavy atom. The summed E-state index contributed by atoms with van der Waals surface area (Å²) in [6.45, 7) is 1.58. The van der Waals surface area contributed by atoms with Crippen molar-refractivity contribution < 1.29 is 60.5 Å². The van der Waals surface area contributed by atoms with Gasteiger partial charge in [-0.3, -0.25) is 9.68 Å². The molecule has 0 bridgehead atoms. The third kappa shape index (κ3) is 13.2. The zero-order valence-electron chi connectivity index (χ0n) is 29.5. The van der Waals surface area contributed by atoms with Gasteiger partial charge in [-0.15, -0.1) is 0 Å². The molecule has 292 valence electrons. The highest BCUT2D eigenvalue weighted by atomic mass is 32.2. The Morgan fingerprint density at radius 3 is 1.81 bits per heavy atom. The standard InChI is InChI=1S/C23H30N2O8S.C12H17NO5S/c1-31-18-7-9-20(10-8-18)34(29,30)25(33-19-11-13-32-14-12-19)16-22(26)21(24-23(27)28)15-17-5-3-2-4-6-17;1-16-10-2-4-12(5-3-10)19(14,15)13-18-11-6-8-17-9-7-11/h2-10,19,21-22,24,26H,11-16H2,1H3,(H,27,28);2-5,11,13H,6-9H2,1H3/t21-,22+;/m0./s1. The fourth-order valence-electron chi connectivity index (χ4n) is 5.33. The first kappa shape index (κ1) is 41.9. The van der Waals surface area contributed by atoms with Gasteiger partial charge in [-0.05, 0) is 86.2 Å². The van der Waals surface area contributed by atoms with Crippen molar-refractivity contribution in [1.82, 2.24) is 14.7 Å². The molecule has 3 aromatic carbocycles. The number of amides is 1. The summed E-state index contributed by atoms with van der Waals surface area (Å²) in [5.74, 6) is 1.09. The van der Waals surface area contributed by atoms with Gasteiger partial charge in [-0.25, -0.2) is 21.6 Å². The fourth-order valence-corrected chi connectivity index (χ4v) is 7.48. The van der Waals surface area contributed by atoms with Crippen LogP contribution in [0.25, 0.3) is 0 Å². The molecule has 2 aliphatic heterocycles. The van der Waals surface area contributed by atoms with Crippen molar-refractivity contribution in [2.24, 2.45) is 0 Å². The van der Waals surface area contributed by atoms with Crippen molar-refractivity contribution in [3.63, 3.8) is 0 Å². The molecule has 53 heavy (non-hydrogen) atoms. The van der Waals surface area contributed by atoms with Crippen molar-refractivity contribution in [3.05, 3.63) is 84.4 Å². The highest BCUT2D eigenvalue weighted by molar-refractivity contribution is 7.89. The van der Waals surface area contributed by atoms with E-state index in [1.54, 1.807) is 36.4 Å². The van der Waals surface area contributed by atoms with E-state index in [-0.39, 0.29) is 22.3 Å². The lowest BCUT2D eigenvalue weighted by molar-refractivity contribution is -0.170. The van der Waals surface area contributed by atoms with Crippen LogP contribution in [0.2, 0.25) is 0 Å². The second kappa shape index (κ2) is 20.6. The molecule has 18 heteroatoms. The first-order valence-electron chi connectivity index (χ1n) is 16.9. The van der Waals surface area contributed by atoms with Crippen LogP contribution in [0.3, 0.4) is 0 Å². The summed E-state index contributed by atoms with van der Waals surface area (Å²) in [7, 11) is -4.83. The lowest BCUT2D eigenvalue weighted by Gasteiger charge is -2.32. The maximum atomic E-state index is 13.4. The van der Waals surface area contributed by atoms with Crippen molar-refractivity contribution in [3.8, 4) is 11.5 Å². The Balaban J connectivity index is 0.000000278. The number of hydrogen-bond acceptors (Lipinski definition) is 12. The molecule has 2 fully saturated rings. The Bertz CT molecular complexity index is 1750. The van der Waals surface area contributed by atoms with E-state index in [9.17, 15) is 31.8 Å². The maximum absolute atomic E-state index is 13.4. The lowest BCUT2D eigenvalue weighted by atomic mass is 10.0. The van der Waals surface area contributed by atoms with E-state index in [1.165, 1.54) is 50.6 Å². The molecule has 0 aromatic heterocycles. The summed E-state index contributed by atoms with van der Waals surface area (Å²) in [5, 5.41) is 22.5. The van der Waals surface area contributed by atoms with Gasteiger partial charge in [-0.1, -0.05) is 39.7 Å². The number of benzene rings is 3. The van der Waals surface area contributed by atoms with Crippen LogP contribution < -0.4 is 19.7 Å². The number of nitrogens with zero attached hydrogens (tertiary/aromatic N) is 1. The molecule has 0 unspecified atom stereocenters. The van der Waals surface area contributed by atoms with Crippen LogP contribution in [0.1, 0.15) is 31.2 Å². The summed E-state index contributed by atoms with van der Waals surface area (Å²) in [5.41, 5.74) is 0.787. The number of hydroxylamine groups is 1. The third-order valence-electron chi connectivity index (χ3n) is 8.33. The van der Waals surface area contributed by atoms with E-state index in [2.05, 4.69) is 10.2 Å². The minimum atomic E-state index is -4.18. The second-order valence-corrected chi connectivity index (χ2v) is 15.6. The molecule has 2 heterocycles. The number of hydrogen-bond donors (Lipinski definition) is 4. The van der Waals surface area contributed by atoms with Crippen molar-refractivity contribution >= 4 is 26.1 Å². The molecule has 4 N–H and O–H groups in total. The smallest absolute Gasteiger partial charge is 0.404 e. The molecule has 3 aromatic rings. The lowest BCUT2D eigenvalue weighted by Crippen LogP contribution is -2.51. The van der Waals surface area contributed by atoms with Crippen molar-refractivity contribution in [2.75, 3.05) is 47.2 Å². The first-order valence-corrected chi connectivity index (χ1v) is 19.9. The van der Waals surface area contributed by atoms with Crippen molar-refractivity contribution in [1.29, 1.82) is 0 Å². The van der Waals surface area contributed by atoms with Gasteiger partial charge in [0.25, 0.3) is 20.0 Å². The number of ether oxygens (including phenoxy) is 4. The van der Waals surface area contributed by atoms with Gasteiger partial charge in [0.05, 0.1) is 54.9 Å². The molecular formula is C35H47N3O13S2. The Kier molecular flexibility index (Phi) is 16.3. The maximum Gasteiger partial charge on any atom is 0.404 e. The summed E-state index contributed by atoms with van der Waals surface area (Å²) in [6, 6.07) is 20.0. The highest BCUT2D eigenvalue weighted by Crippen LogP contribution is 2.24. The number of methoxy groups -OCH3 is 2. The molecule has 0 spiro atoms. The van der Waals surface area contributed by atoms with E-state index >= 15 is 0 Å². The Morgan fingerprint density at radius 1 is 0.792 bits per heavy atom. The molecule has 0 radical (unpaired) electrons. The monoisotopic (exact) mass is 781 g/mol. The third-order valence-corrected chi connectivity index (χ3v) is 11.2. The van der Waals surface area contributed by atoms with Gasteiger partial charge in [0.2, 0.25) is 0 Å². The van der Waals surface area contributed by atoms with Gasteiger partial charge in [0.15, 0.2) is 0 Å². The summed E-state index contributed by atoms with van der Waals surface area (Å²) < 4.78 is 72.1. The predicted molar refractivity (Wildman–Crippen MR) is 191 cm³/mol. The number of carboxylic acid groups (broad SMARTS) is 1. The minimum Gasteiger partial charge on any atom is -0.497 e. The fraction of sp³-hybridized carbons (Fsp3) is 0.457. The molecular weight excluding hydrogens is 735 g/mol. The topological polar surface area (TPSA) is 208 Å². The van der Waals surface area contributed by atoms with E-state index in [0.717, 1.165) is 10.0 Å². The molecule has 5 rings (SSSR count). The average Bonchev–Trinajstić information content (AvgIpc) is 3.18. The number of carbonyl (C=O) groups is 1. The minimum absolute atomic E-state index is 0.0432. The number of aliphatic hydroxyl groups excluding tert-OH is 1. The van der Waals surface area contributed by atoms with Crippen LogP contribution in [-0.2, 0) is 45.6 Å². The first-order chi connectivity index (χ1) is 25.4. The molecule has 0 saturated carbocycles. The van der Waals surface area contributed by atoms with Crippen molar-refractivity contribution in [2.45, 2.75) is 66.2 Å². The van der Waals surface area contributed by atoms with Crippen LogP contribution in [0.4, 0.5) is 4.79 Å². The van der Waals surface area contributed by atoms with Gasteiger partial charge in [0.1, 0.15) is 11.5 Å².